The molecule has 1 N–H and O–H groups in total. The van der Waals surface area contributed by atoms with Crippen molar-refractivity contribution >= 4 is 26.9 Å². The molecular formula is C18H24BrNO. The van der Waals surface area contributed by atoms with Gasteiger partial charge in [0.15, 0.2) is 0 Å². The maximum Gasteiger partial charge on any atom is 0.134 e. The van der Waals surface area contributed by atoms with Gasteiger partial charge in [-0.1, -0.05) is 42.1 Å². The number of hydrogen-bond acceptors (Lipinski definition) is 2. The molecule has 0 amide bonds. The Labute approximate surface area is 135 Å². The third-order valence-electron chi connectivity index (χ3n) is 4.75. The van der Waals surface area contributed by atoms with Crippen LogP contribution in [-0.4, -0.2) is 6.04 Å². The van der Waals surface area contributed by atoms with Gasteiger partial charge in [-0.15, -0.1) is 0 Å². The van der Waals surface area contributed by atoms with E-state index in [1.165, 1.54) is 37.5 Å². The Hall–Kier alpha value is -0.800. The fourth-order valence-corrected chi connectivity index (χ4v) is 3.77. The van der Waals surface area contributed by atoms with E-state index in [2.05, 4.69) is 47.2 Å². The molecule has 0 spiro atoms. The Balaban J connectivity index is 1.75. The number of furan rings is 1. The molecule has 1 saturated carbocycles. The van der Waals surface area contributed by atoms with E-state index in [-0.39, 0.29) is 6.04 Å². The Morgan fingerprint density at radius 3 is 2.86 bits per heavy atom. The minimum absolute atomic E-state index is 0.265. The highest BCUT2D eigenvalue weighted by atomic mass is 79.9. The van der Waals surface area contributed by atoms with Crippen LogP contribution in [0.3, 0.4) is 0 Å². The molecule has 2 aromatic rings. The van der Waals surface area contributed by atoms with E-state index >= 15 is 0 Å². The topological polar surface area (TPSA) is 25.2 Å². The van der Waals surface area contributed by atoms with E-state index in [1.54, 1.807) is 0 Å². The van der Waals surface area contributed by atoms with Gasteiger partial charge in [0.1, 0.15) is 11.3 Å². The van der Waals surface area contributed by atoms with Crippen molar-refractivity contribution in [2.24, 2.45) is 5.92 Å². The van der Waals surface area contributed by atoms with Crippen LogP contribution in [0, 0.1) is 5.92 Å². The number of halogens is 1. The van der Waals surface area contributed by atoms with E-state index in [4.69, 9.17) is 4.42 Å². The average molecular weight is 350 g/mol. The molecule has 3 heteroatoms. The molecule has 1 aliphatic carbocycles. The molecule has 21 heavy (non-hydrogen) atoms. The van der Waals surface area contributed by atoms with Gasteiger partial charge in [-0.3, -0.25) is 0 Å². The Morgan fingerprint density at radius 1 is 1.19 bits per heavy atom. The van der Waals surface area contributed by atoms with Gasteiger partial charge in [-0.2, -0.15) is 0 Å². The summed E-state index contributed by atoms with van der Waals surface area (Å²) in [6, 6.07) is 9.22. The predicted molar refractivity (Wildman–Crippen MR) is 91.5 cm³/mol. The van der Waals surface area contributed by atoms with Crippen molar-refractivity contribution in [1.82, 2.24) is 5.32 Å². The molecule has 0 aliphatic heterocycles. The maximum absolute atomic E-state index is 6.01. The van der Waals surface area contributed by atoms with Gasteiger partial charge in [0, 0.05) is 15.9 Å². The van der Waals surface area contributed by atoms with Crippen molar-refractivity contribution in [3.05, 3.63) is 34.5 Å². The van der Waals surface area contributed by atoms with Gasteiger partial charge in [0.2, 0.25) is 0 Å². The molecule has 1 heterocycles. The maximum atomic E-state index is 6.01. The van der Waals surface area contributed by atoms with E-state index in [0.29, 0.717) is 6.04 Å². The second kappa shape index (κ2) is 6.53. The lowest BCUT2D eigenvalue weighted by Crippen LogP contribution is -2.36. The zero-order valence-corrected chi connectivity index (χ0v) is 14.4. The summed E-state index contributed by atoms with van der Waals surface area (Å²) in [6.45, 7) is 4.59. The third kappa shape index (κ3) is 3.51. The second-order valence-electron chi connectivity index (χ2n) is 6.44. The molecule has 114 valence electrons. The Morgan fingerprint density at radius 2 is 2.00 bits per heavy atom. The number of benzene rings is 1. The molecule has 2 nitrogen and oxygen atoms in total. The predicted octanol–water partition coefficient (Wildman–Crippen LogP) is 5.81. The third-order valence-corrected chi connectivity index (χ3v) is 5.24. The number of hydrogen-bond donors (Lipinski definition) is 1. The first-order valence-electron chi connectivity index (χ1n) is 8.08. The zero-order chi connectivity index (χ0) is 14.8. The normalized spacial score (nSPS) is 24.9. The molecule has 1 aromatic carbocycles. The van der Waals surface area contributed by atoms with Crippen molar-refractivity contribution in [2.45, 2.75) is 58.0 Å². The number of fused-ring (bicyclic) bond motifs is 1. The average Bonchev–Trinajstić information content (AvgIpc) is 2.78. The van der Waals surface area contributed by atoms with Gasteiger partial charge >= 0.3 is 0 Å². The smallest absolute Gasteiger partial charge is 0.134 e. The molecule has 0 saturated heterocycles. The molecule has 1 aliphatic rings. The standard InChI is InChI=1S/C18H24BrNO/c1-12-6-4-3-5-7-16(12)20-13(2)18-11-14-10-15(19)8-9-17(14)21-18/h8-13,16,20H,3-7H2,1-2H3. The van der Waals surface area contributed by atoms with Gasteiger partial charge in [-0.05, 0) is 49.9 Å². The highest BCUT2D eigenvalue weighted by molar-refractivity contribution is 9.10. The molecule has 1 fully saturated rings. The van der Waals surface area contributed by atoms with Gasteiger partial charge < -0.3 is 9.73 Å². The molecule has 0 bridgehead atoms. The first-order chi connectivity index (χ1) is 10.1. The largest absolute Gasteiger partial charge is 0.459 e. The summed E-state index contributed by atoms with van der Waals surface area (Å²) in [7, 11) is 0. The van der Waals surface area contributed by atoms with E-state index in [9.17, 15) is 0 Å². The van der Waals surface area contributed by atoms with Crippen molar-refractivity contribution in [1.29, 1.82) is 0 Å². The lowest BCUT2D eigenvalue weighted by molar-refractivity contribution is 0.312. The van der Waals surface area contributed by atoms with Crippen LogP contribution in [0.25, 0.3) is 11.0 Å². The zero-order valence-electron chi connectivity index (χ0n) is 12.9. The summed E-state index contributed by atoms with van der Waals surface area (Å²) in [5.74, 6) is 1.80. The molecule has 3 rings (SSSR count). The van der Waals surface area contributed by atoms with Crippen LogP contribution in [0.4, 0.5) is 0 Å². The van der Waals surface area contributed by atoms with Crippen LogP contribution in [-0.2, 0) is 0 Å². The van der Waals surface area contributed by atoms with E-state index in [1.807, 2.05) is 12.1 Å². The van der Waals surface area contributed by atoms with Crippen LogP contribution in [0.2, 0.25) is 0 Å². The van der Waals surface area contributed by atoms with Gasteiger partial charge in [0.05, 0.1) is 6.04 Å². The minimum Gasteiger partial charge on any atom is -0.459 e. The van der Waals surface area contributed by atoms with Crippen molar-refractivity contribution < 1.29 is 4.42 Å². The summed E-state index contributed by atoms with van der Waals surface area (Å²) in [4.78, 5) is 0. The summed E-state index contributed by atoms with van der Waals surface area (Å²) in [6.07, 6.45) is 6.75. The summed E-state index contributed by atoms with van der Waals surface area (Å²) in [5.41, 5.74) is 0.968. The Bertz CT molecular complexity index is 606. The molecule has 1 aromatic heterocycles. The molecule has 3 atom stereocenters. The molecule has 0 radical (unpaired) electrons. The highest BCUT2D eigenvalue weighted by Gasteiger charge is 2.23. The number of rotatable bonds is 3. The Kier molecular flexibility index (Phi) is 4.70. The lowest BCUT2D eigenvalue weighted by Gasteiger charge is -2.26. The fraction of sp³-hybridized carbons (Fsp3) is 0.556. The first kappa shape index (κ1) is 15.1. The van der Waals surface area contributed by atoms with Crippen LogP contribution in [0.5, 0.6) is 0 Å². The molecular weight excluding hydrogens is 326 g/mol. The lowest BCUT2D eigenvalue weighted by atomic mass is 9.96. The second-order valence-corrected chi connectivity index (χ2v) is 7.36. The van der Waals surface area contributed by atoms with Gasteiger partial charge in [0.25, 0.3) is 0 Å². The summed E-state index contributed by atoms with van der Waals surface area (Å²) < 4.78 is 7.11. The first-order valence-corrected chi connectivity index (χ1v) is 8.88. The summed E-state index contributed by atoms with van der Waals surface area (Å²) >= 11 is 3.52. The minimum atomic E-state index is 0.265. The van der Waals surface area contributed by atoms with Crippen LogP contribution < -0.4 is 5.32 Å². The SMILES string of the molecule is CC(NC1CCCCCC1C)c1cc2cc(Br)ccc2o1. The van der Waals surface area contributed by atoms with E-state index in [0.717, 1.165) is 21.7 Å². The molecule has 3 unspecified atom stereocenters. The van der Waals surface area contributed by atoms with Gasteiger partial charge in [-0.25, -0.2) is 0 Å². The van der Waals surface area contributed by atoms with Crippen LogP contribution in [0.1, 0.15) is 57.8 Å². The van der Waals surface area contributed by atoms with Crippen LogP contribution in [0.15, 0.2) is 33.2 Å². The van der Waals surface area contributed by atoms with Crippen molar-refractivity contribution in [3.63, 3.8) is 0 Å². The quantitative estimate of drug-likeness (QED) is 0.706. The highest BCUT2D eigenvalue weighted by Crippen LogP contribution is 2.29. The fourth-order valence-electron chi connectivity index (χ4n) is 3.39. The number of nitrogens with one attached hydrogen (secondary N) is 1. The van der Waals surface area contributed by atoms with E-state index < -0.39 is 0 Å². The summed E-state index contributed by atoms with van der Waals surface area (Å²) in [5, 5.41) is 4.96. The van der Waals surface area contributed by atoms with Crippen molar-refractivity contribution in [2.75, 3.05) is 0 Å². The monoisotopic (exact) mass is 349 g/mol. The van der Waals surface area contributed by atoms with Crippen molar-refractivity contribution in [3.8, 4) is 0 Å². The van der Waals surface area contributed by atoms with Crippen LogP contribution >= 0.6 is 15.9 Å².